The van der Waals surface area contributed by atoms with Crippen LogP contribution in [0, 0.1) is 32.5 Å². The number of aliphatic hydroxyl groups excluding tert-OH is 2. The first kappa shape index (κ1) is 28.5. The Morgan fingerprint density at radius 1 is 0.576 bits per heavy atom. The molecule has 0 aromatic heterocycles. The lowest BCUT2D eigenvalue weighted by Crippen LogP contribution is -2.54. The summed E-state index contributed by atoms with van der Waals surface area (Å²) in [7, 11) is 0. The van der Waals surface area contributed by atoms with Gasteiger partial charge in [-0.1, -0.05) is 107 Å². The molecule has 2 aliphatic carbocycles. The Hall–Kier alpha value is -0.770. The van der Waals surface area contributed by atoms with Gasteiger partial charge in [-0.25, -0.2) is 0 Å². The summed E-state index contributed by atoms with van der Waals surface area (Å²) >= 11 is 1.77. The maximum atomic E-state index is 11.5. The Balaban J connectivity index is 2.72. The number of thioether (sulfide) groups is 1. The minimum atomic E-state index is -0.524. The van der Waals surface area contributed by atoms with Crippen molar-refractivity contribution in [3.63, 3.8) is 0 Å². The Bertz CT molecular complexity index is 784. The summed E-state index contributed by atoms with van der Waals surface area (Å²) in [6, 6.07) is 0. The first-order valence-corrected chi connectivity index (χ1v) is 13.2. The van der Waals surface area contributed by atoms with Gasteiger partial charge in [0.2, 0.25) is 0 Å². The molecule has 0 heterocycles. The second-order valence-electron chi connectivity index (χ2n) is 14.5. The van der Waals surface area contributed by atoms with Gasteiger partial charge in [0.1, 0.15) is 0 Å². The normalized spacial score (nSPS) is 26.3. The Morgan fingerprint density at radius 2 is 0.818 bits per heavy atom. The first-order valence-electron chi connectivity index (χ1n) is 12.4. The van der Waals surface area contributed by atoms with Crippen LogP contribution in [0.5, 0.6) is 0 Å². The summed E-state index contributed by atoms with van der Waals surface area (Å²) in [5, 5.41) is 22.9. The average Bonchev–Trinajstić information content (AvgIpc) is 2.56. The molecule has 2 N–H and O–H groups in total. The number of rotatable bonds is 2. The fraction of sp³-hybridized carbons (Fsp3) is 0.733. The Labute approximate surface area is 208 Å². The summed E-state index contributed by atoms with van der Waals surface area (Å²) in [6.07, 6.45) is 7.92. The van der Waals surface area contributed by atoms with E-state index in [0.717, 1.165) is 11.1 Å². The monoisotopic (exact) mass is 474 g/mol. The second kappa shape index (κ2) is 8.42. The van der Waals surface area contributed by atoms with Crippen LogP contribution in [-0.4, -0.2) is 22.4 Å². The predicted molar refractivity (Wildman–Crippen MR) is 146 cm³/mol. The molecular formula is C30H50O2S. The maximum Gasteiger partial charge on any atom is 0.0852 e. The first-order chi connectivity index (χ1) is 14.5. The summed E-state index contributed by atoms with van der Waals surface area (Å²) in [5.74, 6) is 0. The molecule has 2 atom stereocenters. The van der Waals surface area contributed by atoms with Crippen LogP contribution in [0.15, 0.2) is 45.3 Å². The molecule has 188 valence electrons. The molecule has 0 spiro atoms. The van der Waals surface area contributed by atoms with Crippen LogP contribution in [0.1, 0.15) is 96.9 Å². The summed E-state index contributed by atoms with van der Waals surface area (Å²) in [5.41, 5.74) is 0.704. The van der Waals surface area contributed by atoms with E-state index in [0.29, 0.717) is 0 Å². The van der Waals surface area contributed by atoms with Gasteiger partial charge in [-0.2, -0.15) is 0 Å². The lowest BCUT2D eigenvalue weighted by atomic mass is 9.49. The summed E-state index contributed by atoms with van der Waals surface area (Å²) in [6.45, 7) is 31.0. The van der Waals surface area contributed by atoms with Gasteiger partial charge in [0.25, 0.3) is 0 Å². The van der Waals surface area contributed by atoms with Crippen LogP contribution in [0.3, 0.4) is 0 Å². The highest BCUT2D eigenvalue weighted by Crippen LogP contribution is 2.61. The van der Waals surface area contributed by atoms with Crippen LogP contribution in [-0.2, 0) is 0 Å². The van der Waals surface area contributed by atoms with E-state index >= 15 is 0 Å². The Morgan fingerprint density at radius 3 is 1.03 bits per heavy atom. The zero-order chi connectivity index (χ0) is 26.0. The molecule has 0 aliphatic heterocycles. The van der Waals surface area contributed by atoms with Crippen LogP contribution >= 0.6 is 11.8 Å². The minimum Gasteiger partial charge on any atom is -0.388 e. The molecule has 2 nitrogen and oxygen atoms in total. The number of hydrogen-bond donors (Lipinski definition) is 2. The third-order valence-electron chi connectivity index (χ3n) is 8.40. The lowest BCUT2D eigenvalue weighted by Gasteiger charge is -2.57. The highest BCUT2D eigenvalue weighted by molar-refractivity contribution is 8.07. The van der Waals surface area contributed by atoms with E-state index in [1.165, 1.54) is 9.81 Å². The van der Waals surface area contributed by atoms with Crippen molar-refractivity contribution in [3.05, 3.63) is 45.3 Å². The summed E-state index contributed by atoms with van der Waals surface area (Å²) in [4.78, 5) is 2.34. The van der Waals surface area contributed by atoms with E-state index < -0.39 is 23.0 Å². The largest absolute Gasteiger partial charge is 0.388 e. The van der Waals surface area contributed by atoms with Gasteiger partial charge < -0.3 is 10.2 Å². The molecule has 0 radical (unpaired) electrons. The van der Waals surface area contributed by atoms with Crippen molar-refractivity contribution in [2.24, 2.45) is 32.5 Å². The number of allylic oxidation sites excluding steroid dienone is 2. The zero-order valence-electron chi connectivity index (χ0n) is 23.8. The third kappa shape index (κ3) is 4.47. The highest BCUT2D eigenvalue weighted by Gasteiger charge is 2.57. The predicted octanol–water partition coefficient (Wildman–Crippen LogP) is 8.29. The molecule has 0 aromatic rings. The van der Waals surface area contributed by atoms with Crippen molar-refractivity contribution < 1.29 is 10.2 Å². The summed E-state index contributed by atoms with van der Waals surface area (Å²) < 4.78 is 0. The van der Waals surface area contributed by atoms with Gasteiger partial charge in [0, 0.05) is 20.6 Å². The van der Waals surface area contributed by atoms with E-state index in [1.54, 1.807) is 11.8 Å². The third-order valence-corrected chi connectivity index (χ3v) is 9.35. The van der Waals surface area contributed by atoms with Crippen molar-refractivity contribution in [1.82, 2.24) is 0 Å². The van der Waals surface area contributed by atoms with E-state index in [-0.39, 0.29) is 21.7 Å². The van der Waals surface area contributed by atoms with Crippen LogP contribution in [0.2, 0.25) is 0 Å². The SMILES string of the molecule is CC1=CC(SC2=CC(C(C)(C)C)(C(C)(C)C)C(O)C(C)=C2)=CC(C(C)(C)C)(C(C)(C)C)C1O. The second-order valence-corrected chi connectivity index (χ2v) is 15.7. The van der Waals surface area contributed by atoms with E-state index in [1.807, 2.05) is 0 Å². The molecule has 0 saturated heterocycles. The molecule has 33 heavy (non-hydrogen) atoms. The fourth-order valence-electron chi connectivity index (χ4n) is 7.03. The zero-order valence-corrected chi connectivity index (χ0v) is 24.6. The van der Waals surface area contributed by atoms with E-state index in [2.05, 4.69) is 121 Å². The number of aliphatic hydroxyl groups is 2. The van der Waals surface area contributed by atoms with Gasteiger partial charge in [0.05, 0.1) is 12.2 Å². The highest BCUT2D eigenvalue weighted by atomic mass is 32.2. The van der Waals surface area contributed by atoms with Crippen molar-refractivity contribution in [2.75, 3.05) is 0 Å². The molecule has 2 unspecified atom stereocenters. The van der Waals surface area contributed by atoms with Gasteiger partial charge in [-0.3, -0.25) is 0 Å². The average molecular weight is 475 g/mol. The molecule has 3 heteroatoms. The van der Waals surface area contributed by atoms with Crippen molar-refractivity contribution >= 4 is 11.8 Å². The lowest BCUT2D eigenvalue weighted by molar-refractivity contribution is -0.0759. The molecule has 2 rings (SSSR count). The quantitative estimate of drug-likeness (QED) is 0.423. The van der Waals surface area contributed by atoms with Crippen molar-refractivity contribution in [2.45, 2.75) is 109 Å². The molecule has 0 fully saturated rings. The van der Waals surface area contributed by atoms with Gasteiger partial charge >= 0.3 is 0 Å². The molecule has 2 aliphatic rings. The topological polar surface area (TPSA) is 40.5 Å². The van der Waals surface area contributed by atoms with Gasteiger partial charge in [-0.15, -0.1) is 0 Å². The van der Waals surface area contributed by atoms with Crippen LogP contribution < -0.4 is 0 Å². The van der Waals surface area contributed by atoms with Gasteiger partial charge in [0.15, 0.2) is 0 Å². The Kier molecular flexibility index (Phi) is 7.26. The minimum absolute atomic E-state index is 0.129. The van der Waals surface area contributed by atoms with E-state index in [9.17, 15) is 10.2 Å². The van der Waals surface area contributed by atoms with Crippen molar-refractivity contribution in [1.29, 1.82) is 0 Å². The fourth-order valence-corrected chi connectivity index (χ4v) is 8.28. The number of hydrogen-bond acceptors (Lipinski definition) is 3. The maximum absolute atomic E-state index is 11.5. The molecule has 0 aromatic carbocycles. The molecule has 0 saturated carbocycles. The molecular weight excluding hydrogens is 424 g/mol. The van der Waals surface area contributed by atoms with Crippen LogP contribution in [0.25, 0.3) is 0 Å². The van der Waals surface area contributed by atoms with Gasteiger partial charge in [-0.05, 0) is 58.8 Å². The van der Waals surface area contributed by atoms with Crippen molar-refractivity contribution in [3.8, 4) is 0 Å². The smallest absolute Gasteiger partial charge is 0.0852 e. The molecule has 0 bridgehead atoms. The standard InChI is InChI=1S/C30H50O2S/c1-19-15-21(17-29(23(19)31,25(3,4)5)26(6,7)8)33-22-16-20(2)24(32)30(18-22,27(9,10)11)28(12,13)14/h15-18,23-24,31-32H,1-14H3. The van der Waals surface area contributed by atoms with Crippen LogP contribution in [0.4, 0.5) is 0 Å². The van der Waals surface area contributed by atoms with E-state index in [4.69, 9.17) is 0 Å². The molecule has 0 amide bonds.